The summed E-state index contributed by atoms with van der Waals surface area (Å²) in [7, 11) is -3.80. The molecule has 2 aliphatic rings. The van der Waals surface area contributed by atoms with E-state index in [0.29, 0.717) is 6.42 Å². The zero-order valence-corrected chi connectivity index (χ0v) is 20.1. The van der Waals surface area contributed by atoms with E-state index in [0.717, 1.165) is 32.3 Å². The average Bonchev–Trinajstić information content (AvgIpc) is 3.13. The first kappa shape index (κ1) is 21.6. The van der Waals surface area contributed by atoms with Gasteiger partial charge in [-0.2, -0.15) is 4.31 Å². The molecule has 4 nitrogen and oxygen atoms in total. The van der Waals surface area contributed by atoms with Crippen LogP contribution in [0.2, 0.25) is 0 Å². The number of benzene rings is 3. The van der Waals surface area contributed by atoms with Gasteiger partial charge in [-0.3, -0.25) is 0 Å². The summed E-state index contributed by atoms with van der Waals surface area (Å²) in [6.07, 6.45) is 2.65. The Kier molecular flexibility index (Phi) is 5.37. The summed E-state index contributed by atoms with van der Waals surface area (Å²) in [5, 5.41) is 10.8. The van der Waals surface area contributed by atoms with E-state index < -0.39 is 21.5 Å². The standard InChI is InChI=1S/C26H24BrNO3S/c1-18-10-12-22(13-11-18)32(30,31)28-16-21-14-19-6-2-3-7-20(19)15-26(21,17-29)25(28)23-8-4-5-9-24(23)27/h2-14,25,29H,15-17H2,1H3/t25-,26+/m0/s1. The van der Waals surface area contributed by atoms with Crippen LogP contribution in [0.5, 0.6) is 0 Å². The zero-order valence-electron chi connectivity index (χ0n) is 17.7. The summed E-state index contributed by atoms with van der Waals surface area (Å²) in [6, 6.07) is 22.2. The molecule has 32 heavy (non-hydrogen) atoms. The molecule has 1 fully saturated rings. The Bertz CT molecular complexity index is 1320. The van der Waals surface area contributed by atoms with Gasteiger partial charge in [0.2, 0.25) is 10.0 Å². The van der Waals surface area contributed by atoms with Crippen LogP contribution in [0.4, 0.5) is 0 Å². The van der Waals surface area contributed by atoms with Gasteiger partial charge in [0.25, 0.3) is 0 Å². The molecule has 1 heterocycles. The first-order chi connectivity index (χ1) is 15.4. The maximum Gasteiger partial charge on any atom is 0.243 e. The Morgan fingerprint density at radius 2 is 1.72 bits per heavy atom. The second-order valence-electron chi connectivity index (χ2n) is 8.65. The normalized spacial score (nSPS) is 22.8. The van der Waals surface area contributed by atoms with Gasteiger partial charge >= 0.3 is 0 Å². The molecule has 3 aromatic rings. The fraction of sp³-hybridized carbons (Fsp3) is 0.231. The van der Waals surface area contributed by atoms with Gasteiger partial charge in [0.1, 0.15) is 0 Å². The lowest BCUT2D eigenvalue weighted by Crippen LogP contribution is -2.40. The van der Waals surface area contributed by atoms with Gasteiger partial charge in [-0.25, -0.2) is 8.42 Å². The predicted molar refractivity (Wildman–Crippen MR) is 130 cm³/mol. The number of fused-ring (bicyclic) bond motifs is 2. The summed E-state index contributed by atoms with van der Waals surface area (Å²) in [5.74, 6) is 0. The highest BCUT2D eigenvalue weighted by Gasteiger charge is 2.56. The summed E-state index contributed by atoms with van der Waals surface area (Å²) >= 11 is 3.65. The van der Waals surface area contributed by atoms with E-state index in [2.05, 4.69) is 28.1 Å². The molecule has 0 unspecified atom stereocenters. The Labute approximate surface area is 197 Å². The second-order valence-corrected chi connectivity index (χ2v) is 11.4. The van der Waals surface area contributed by atoms with Gasteiger partial charge in [-0.05, 0) is 53.8 Å². The van der Waals surface area contributed by atoms with Crippen LogP contribution in [0.15, 0.2) is 87.7 Å². The molecule has 1 aliphatic heterocycles. The smallest absolute Gasteiger partial charge is 0.243 e. The molecular formula is C26H24BrNO3S. The first-order valence-corrected chi connectivity index (χ1v) is 12.8. The maximum absolute atomic E-state index is 13.9. The largest absolute Gasteiger partial charge is 0.395 e. The van der Waals surface area contributed by atoms with Crippen molar-refractivity contribution in [1.82, 2.24) is 4.31 Å². The lowest BCUT2D eigenvalue weighted by Gasteiger charge is -2.40. The SMILES string of the molecule is Cc1ccc(S(=O)(=O)N2CC3=Cc4ccccc4C[C@]3(CO)[C@@H]2c2ccccc2Br)cc1. The molecular weight excluding hydrogens is 486 g/mol. The van der Waals surface area contributed by atoms with Crippen molar-refractivity contribution in [2.24, 2.45) is 5.41 Å². The average molecular weight is 510 g/mol. The Hall–Kier alpha value is -2.25. The van der Waals surface area contributed by atoms with E-state index in [9.17, 15) is 13.5 Å². The molecule has 6 heteroatoms. The highest BCUT2D eigenvalue weighted by Crippen LogP contribution is 2.57. The lowest BCUT2D eigenvalue weighted by atomic mass is 9.67. The Morgan fingerprint density at radius 3 is 2.44 bits per heavy atom. The van der Waals surface area contributed by atoms with Crippen LogP contribution < -0.4 is 0 Å². The number of aliphatic hydroxyl groups excluding tert-OH is 1. The number of nitrogens with zero attached hydrogens (tertiary/aromatic N) is 1. The van der Waals surface area contributed by atoms with Crippen LogP contribution in [0.1, 0.15) is 28.3 Å². The van der Waals surface area contributed by atoms with Crippen LogP contribution in [-0.4, -0.2) is 31.0 Å². The molecule has 1 aliphatic carbocycles. The Morgan fingerprint density at radius 1 is 1.03 bits per heavy atom. The minimum absolute atomic E-state index is 0.140. The van der Waals surface area contributed by atoms with Gasteiger partial charge in [0.05, 0.1) is 17.5 Å². The molecule has 5 rings (SSSR count). The number of aliphatic hydroxyl groups is 1. The molecule has 0 saturated carbocycles. The van der Waals surface area contributed by atoms with Gasteiger partial charge in [-0.1, -0.05) is 82.2 Å². The van der Waals surface area contributed by atoms with Crippen molar-refractivity contribution < 1.29 is 13.5 Å². The highest BCUT2D eigenvalue weighted by atomic mass is 79.9. The van der Waals surface area contributed by atoms with Gasteiger partial charge in [0, 0.05) is 16.4 Å². The van der Waals surface area contributed by atoms with Crippen molar-refractivity contribution >= 4 is 32.0 Å². The molecule has 0 amide bonds. The van der Waals surface area contributed by atoms with Crippen LogP contribution in [0, 0.1) is 12.3 Å². The Balaban J connectivity index is 1.73. The summed E-state index contributed by atoms with van der Waals surface area (Å²) in [5.41, 5.74) is 4.31. The quantitative estimate of drug-likeness (QED) is 0.530. The van der Waals surface area contributed by atoms with Crippen molar-refractivity contribution in [1.29, 1.82) is 0 Å². The van der Waals surface area contributed by atoms with E-state index in [4.69, 9.17) is 0 Å². The van der Waals surface area contributed by atoms with E-state index in [-0.39, 0.29) is 18.0 Å². The number of halogens is 1. The van der Waals surface area contributed by atoms with Crippen molar-refractivity contribution in [3.63, 3.8) is 0 Å². The molecule has 164 valence electrons. The van der Waals surface area contributed by atoms with Crippen molar-refractivity contribution in [3.8, 4) is 0 Å². The molecule has 3 aromatic carbocycles. The van der Waals surface area contributed by atoms with E-state index in [1.54, 1.807) is 16.4 Å². The van der Waals surface area contributed by atoms with Crippen molar-refractivity contribution in [3.05, 3.63) is 105 Å². The van der Waals surface area contributed by atoms with Crippen LogP contribution in [-0.2, 0) is 16.4 Å². The molecule has 1 saturated heterocycles. The second kappa shape index (κ2) is 7.96. The molecule has 0 aromatic heterocycles. The molecule has 2 atom stereocenters. The maximum atomic E-state index is 13.9. The van der Waals surface area contributed by atoms with Gasteiger partial charge in [0.15, 0.2) is 0 Å². The number of hydrogen-bond donors (Lipinski definition) is 1. The van der Waals surface area contributed by atoms with Gasteiger partial charge < -0.3 is 5.11 Å². The van der Waals surface area contributed by atoms with Crippen LogP contribution in [0.25, 0.3) is 6.08 Å². The van der Waals surface area contributed by atoms with E-state index in [1.807, 2.05) is 61.5 Å². The highest BCUT2D eigenvalue weighted by molar-refractivity contribution is 9.10. The molecule has 1 N–H and O–H groups in total. The minimum Gasteiger partial charge on any atom is -0.395 e. The lowest BCUT2D eigenvalue weighted by molar-refractivity contribution is 0.118. The van der Waals surface area contributed by atoms with Crippen LogP contribution in [0.3, 0.4) is 0 Å². The molecule has 0 spiro atoms. The molecule has 0 radical (unpaired) electrons. The third kappa shape index (κ3) is 3.28. The number of hydrogen-bond acceptors (Lipinski definition) is 3. The van der Waals surface area contributed by atoms with Gasteiger partial charge in [-0.15, -0.1) is 0 Å². The van der Waals surface area contributed by atoms with Crippen molar-refractivity contribution in [2.75, 3.05) is 13.2 Å². The third-order valence-corrected chi connectivity index (χ3v) is 9.32. The fourth-order valence-corrected chi connectivity index (χ4v) is 7.25. The predicted octanol–water partition coefficient (Wildman–Crippen LogP) is 5.12. The molecule has 0 bridgehead atoms. The van der Waals surface area contributed by atoms with Crippen LogP contribution >= 0.6 is 15.9 Å². The third-order valence-electron chi connectivity index (χ3n) is 6.78. The minimum atomic E-state index is -3.80. The fourth-order valence-electron chi connectivity index (χ4n) is 5.09. The zero-order chi connectivity index (χ0) is 22.5. The number of sulfonamides is 1. The summed E-state index contributed by atoms with van der Waals surface area (Å²) < 4.78 is 30.2. The summed E-state index contributed by atoms with van der Waals surface area (Å²) in [4.78, 5) is 0.269. The number of aryl methyl sites for hydroxylation is 1. The van der Waals surface area contributed by atoms with Crippen molar-refractivity contribution in [2.45, 2.75) is 24.3 Å². The first-order valence-electron chi connectivity index (χ1n) is 10.6. The monoisotopic (exact) mass is 509 g/mol. The van der Waals surface area contributed by atoms with E-state index in [1.165, 1.54) is 0 Å². The van der Waals surface area contributed by atoms with E-state index >= 15 is 0 Å². The summed E-state index contributed by atoms with van der Waals surface area (Å²) in [6.45, 7) is 2.05. The topological polar surface area (TPSA) is 57.6 Å². The number of rotatable bonds is 4.